The Morgan fingerprint density at radius 1 is 1.43 bits per heavy atom. The molecule has 1 aromatic heterocycles. The fraction of sp³-hybridized carbons (Fsp3) is 0.133. The van der Waals surface area contributed by atoms with E-state index in [1.807, 2.05) is 6.07 Å². The van der Waals surface area contributed by atoms with Gasteiger partial charge in [0.05, 0.1) is 11.0 Å². The third-order valence-electron chi connectivity index (χ3n) is 3.11. The summed E-state index contributed by atoms with van der Waals surface area (Å²) in [7, 11) is 0. The summed E-state index contributed by atoms with van der Waals surface area (Å²) in [4.78, 5) is 26.6. The van der Waals surface area contributed by atoms with Gasteiger partial charge in [0, 0.05) is 30.1 Å². The second kappa shape index (κ2) is 5.92. The fourth-order valence-electron chi connectivity index (χ4n) is 1.98. The predicted molar refractivity (Wildman–Crippen MR) is 74.8 cm³/mol. The van der Waals surface area contributed by atoms with E-state index in [1.165, 1.54) is 24.4 Å². The van der Waals surface area contributed by atoms with E-state index in [2.05, 4.69) is 4.98 Å². The topological polar surface area (TPSA) is 96.9 Å². The number of nitriles is 1. The molecular formula is C15H11N3O3. The van der Waals surface area contributed by atoms with Crippen LogP contribution in [0.5, 0.6) is 0 Å². The van der Waals surface area contributed by atoms with Crippen molar-refractivity contribution in [2.24, 2.45) is 0 Å². The maximum atomic E-state index is 12.5. The number of benzene rings is 1. The highest BCUT2D eigenvalue weighted by Gasteiger charge is 2.24. The van der Waals surface area contributed by atoms with Crippen LogP contribution in [-0.2, 0) is 0 Å². The molecule has 0 bridgehead atoms. The first-order chi connectivity index (χ1) is 10.0. The second-order valence-electron chi connectivity index (χ2n) is 4.47. The number of nitro groups is 1. The van der Waals surface area contributed by atoms with E-state index >= 15 is 0 Å². The minimum atomic E-state index is -1.03. The number of nitro benzene ring substituents is 1. The van der Waals surface area contributed by atoms with Crippen LogP contribution in [0, 0.1) is 28.4 Å². The largest absolute Gasteiger partial charge is 0.292 e. The van der Waals surface area contributed by atoms with Gasteiger partial charge in [-0.1, -0.05) is 12.1 Å². The van der Waals surface area contributed by atoms with Gasteiger partial charge < -0.3 is 0 Å². The summed E-state index contributed by atoms with van der Waals surface area (Å²) in [5, 5.41) is 20.1. The van der Waals surface area contributed by atoms with Gasteiger partial charge in [0.2, 0.25) is 0 Å². The highest BCUT2D eigenvalue weighted by molar-refractivity contribution is 6.04. The van der Waals surface area contributed by atoms with Gasteiger partial charge >= 0.3 is 0 Å². The van der Waals surface area contributed by atoms with Gasteiger partial charge in [-0.25, -0.2) is 0 Å². The molecule has 1 heterocycles. The molecule has 0 saturated carbocycles. The average Bonchev–Trinajstić information content (AvgIpc) is 2.49. The van der Waals surface area contributed by atoms with Crippen molar-refractivity contribution in [1.82, 2.24) is 4.98 Å². The van der Waals surface area contributed by atoms with Crippen molar-refractivity contribution in [3.05, 3.63) is 69.5 Å². The maximum absolute atomic E-state index is 12.5. The molecule has 2 aromatic rings. The van der Waals surface area contributed by atoms with Gasteiger partial charge in [-0.3, -0.25) is 19.9 Å². The first-order valence-electron chi connectivity index (χ1n) is 6.13. The molecule has 0 amide bonds. The molecule has 21 heavy (non-hydrogen) atoms. The van der Waals surface area contributed by atoms with E-state index in [9.17, 15) is 20.2 Å². The quantitative estimate of drug-likeness (QED) is 0.487. The Morgan fingerprint density at radius 2 is 2.19 bits per heavy atom. The predicted octanol–water partition coefficient (Wildman–Crippen LogP) is 2.79. The number of aromatic nitrogens is 1. The maximum Gasteiger partial charge on any atom is 0.270 e. The monoisotopic (exact) mass is 281 g/mol. The van der Waals surface area contributed by atoms with E-state index in [0.29, 0.717) is 11.1 Å². The zero-order valence-corrected chi connectivity index (χ0v) is 11.2. The standard InChI is InChI=1S/C15H11N3O3/c1-10-4-5-12(18(20)21)7-13(10)15(19)14(8-16)11-3-2-6-17-9-11/h2-7,9,14H,1H3. The summed E-state index contributed by atoms with van der Waals surface area (Å²) in [6, 6.07) is 9.24. The number of carbonyl (C=O) groups is 1. The molecule has 6 nitrogen and oxygen atoms in total. The average molecular weight is 281 g/mol. The van der Waals surface area contributed by atoms with Gasteiger partial charge in [0.25, 0.3) is 5.69 Å². The van der Waals surface area contributed by atoms with Crippen LogP contribution in [-0.4, -0.2) is 15.7 Å². The number of hydrogen-bond donors (Lipinski definition) is 0. The van der Waals surface area contributed by atoms with E-state index in [1.54, 1.807) is 25.3 Å². The summed E-state index contributed by atoms with van der Waals surface area (Å²) < 4.78 is 0. The van der Waals surface area contributed by atoms with Crippen LogP contribution in [0.4, 0.5) is 5.69 Å². The smallest absolute Gasteiger partial charge is 0.270 e. The summed E-state index contributed by atoms with van der Waals surface area (Å²) >= 11 is 0. The van der Waals surface area contributed by atoms with Gasteiger partial charge in [-0.15, -0.1) is 0 Å². The Kier molecular flexibility index (Phi) is 4.05. The lowest BCUT2D eigenvalue weighted by Crippen LogP contribution is -2.13. The Morgan fingerprint density at radius 3 is 2.76 bits per heavy atom. The van der Waals surface area contributed by atoms with E-state index in [-0.39, 0.29) is 11.3 Å². The van der Waals surface area contributed by atoms with E-state index < -0.39 is 16.6 Å². The normalized spacial score (nSPS) is 11.4. The molecule has 1 aromatic carbocycles. The molecule has 2 rings (SSSR count). The fourth-order valence-corrected chi connectivity index (χ4v) is 1.98. The van der Waals surface area contributed by atoms with Crippen molar-refractivity contribution in [1.29, 1.82) is 5.26 Å². The first-order valence-corrected chi connectivity index (χ1v) is 6.13. The van der Waals surface area contributed by atoms with Crippen molar-refractivity contribution >= 4 is 11.5 Å². The first kappa shape index (κ1) is 14.3. The Hall–Kier alpha value is -3.07. The molecule has 1 unspecified atom stereocenters. The van der Waals surface area contributed by atoms with E-state index in [4.69, 9.17) is 0 Å². The molecule has 0 N–H and O–H groups in total. The molecule has 0 radical (unpaired) electrons. The summed E-state index contributed by atoms with van der Waals surface area (Å²) in [5.41, 5.74) is 1.07. The van der Waals surface area contributed by atoms with Crippen LogP contribution in [0.3, 0.4) is 0 Å². The highest BCUT2D eigenvalue weighted by atomic mass is 16.6. The lowest BCUT2D eigenvalue weighted by Gasteiger charge is -2.10. The van der Waals surface area contributed by atoms with Crippen molar-refractivity contribution in [3.63, 3.8) is 0 Å². The van der Waals surface area contributed by atoms with Crippen molar-refractivity contribution in [2.75, 3.05) is 0 Å². The zero-order valence-electron chi connectivity index (χ0n) is 11.2. The number of pyridine rings is 1. The number of carbonyl (C=O) groups excluding carboxylic acids is 1. The highest BCUT2D eigenvalue weighted by Crippen LogP contribution is 2.24. The lowest BCUT2D eigenvalue weighted by molar-refractivity contribution is -0.384. The van der Waals surface area contributed by atoms with Crippen LogP contribution in [0.25, 0.3) is 0 Å². The number of aryl methyl sites for hydroxylation is 1. The molecule has 0 saturated heterocycles. The molecular weight excluding hydrogens is 270 g/mol. The molecule has 0 spiro atoms. The van der Waals surface area contributed by atoms with Crippen LogP contribution in [0.15, 0.2) is 42.7 Å². The molecule has 0 aliphatic rings. The summed E-state index contributed by atoms with van der Waals surface area (Å²) in [5.74, 6) is -1.49. The van der Waals surface area contributed by atoms with Crippen molar-refractivity contribution in [2.45, 2.75) is 12.8 Å². The van der Waals surface area contributed by atoms with Crippen molar-refractivity contribution in [3.8, 4) is 6.07 Å². The number of hydrogen-bond acceptors (Lipinski definition) is 5. The Bertz CT molecular complexity index is 736. The SMILES string of the molecule is Cc1ccc([N+](=O)[O-])cc1C(=O)C(C#N)c1cccnc1. The third kappa shape index (κ3) is 2.92. The minimum Gasteiger partial charge on any atom is -0.292 e. The molecule has 104 valence electrons. The van der Waals surface area contributed by atoms with Crippen LogP contribution in [0.2, 0.25) is 0 Å². The van der Waals surface area contributed by atoms with E-state index in [0.717, 1.165) is 0 Å². The van der Waals surface area contributed by atoms with Gasteiger partial charge in [-0.05, 0) is 24.1 Å². The third-order valence-corrected chi connectivity index (χ3v) is 3.11. The Labute approximate surface area is 120 Å². The number of non-ortho nitro benzene ring substituents is 1. The van der Waals surface area contributed by atoms with Gasteiger partial charge in [-0.2, -0.15) is 5.26 Å². The summed E-state index contributed by atoms with van der Waals surface area (Å²) in [6.07, 6.45) is 2.99. The molecule has 0 aliphatic heterocycles. The van der Waals surface area contributed by atoms with Crippen LogP contribution >= 0.6 is 0 Å². The number of ketones is 1. The molecule has 1 atom stereocenters. The molecule has 6 heteroatoms. The molecule has 0 aliphatic carbocycles. The van der Waals surface area contributed by atoms with Gasteiger partial charge in [0.1, 0.15) is 5.92 Å². The Balaban J connectivity index is 2.46. The van der Waals surface area contributed by atoms with Crippen molar-refractivity contribution < 1.29 is 9.72 Å². The zero-order chi connectivity index (χ0) is 15.4. The van der Waals surface area contributed by atoms with Gasteiger partial charge in [0.15, 0.2) is 5.78 Å². The second-order valence-corrected chi connectivity index (χ2v) is 4.47. The molecule has 0 fully saturated rings. The minimum absolute atomic E-state index is 0.174. The number of nitrogens with zero attached hydrogens (tertiary/aromatic N) is 3. The van der Waals surface area contributed by atoms with Crippen LogP contribution < -0.4 is 0 Å². The van der Waals surface area contributed by atoms with Crippen LogP contribution in [0.1, 0.15) is 27.4 Å². The number of Topliss-reactive ketones (excluding diaryl/α,β-unsaturated/α-hetero) is 1. The summed E-state index contributed by atoms with van der Waals surface area (Å²) in [6.45, 7) is 1.68. The lowest BCUT2D eigenvalue weighted by atomic mass is 9.90. The number of rotatable bonds is 4.